The summed E-state index contributed by atoms with van der Waals surface area (Å²) in [7, 11) is 0. The number of nitrogens with one attached hydrogen (secondary N) is 1. The minimum absolute atomic E-state index is 0.223. The number of hydrogen-bond acceptors (Lipinski definition) is 4. The lowest BCUT2D eigenvalue weighted by atomic mass is 9.96. The van der Waals surface area contributed by atoms with Gasteiger partial charge in [-0.15, -0.1) is 0 Å². The van der Waals surface area contributed by atoms with Gasteiger partial charge in [0.05, 0.1) is 18.3 Å². The van der Waals surface area contributed by atoms with Gasteiger partial charge < -0.3 is 9.84 Å². The molecule has 0 radical (unpaired) electrons. The highest BCUT2D eigenvalue weighted by Gasteiger charge is 2.24. The van der Waals surface area contributed by atoms with E-state index in [0.29, 0.717) is 23.2 Å². The zero-order valence-corrected chi connectivity index (χ0v) is 16.8. The molecule has 0 unspecified atom stereocenters. The third kappa shape index (κ3) is 3.47. The van der Waals surface area contributed by atoms with Crippen molar-refractivity contribution in [1.82, 2.24) is 20.3 Å². The Kier molecular flexibility index (Phi) is 4.38. The van der Waals surface area contributed by atoms with Crippen molar-refractivity contribution < 1.29 is 13.7 Å². The molecule has 4 aromatic rings. The fraction of sp³-hybridized carbons (Fsp3) is 0.261. The monoisotopic (exact) mass is 404 g/mol. The molecule has 152 valence electrons. The molecule has 5 rings (SSSR count). The third-order valence-electron chi connectivity index (χ3n) is 5.46. The molecule has 1 aliphatic rings. The maximum absolute atomic E-state index is 14.6. The number of carbonyl (C=O) groups excluding carboxylic acids is 1. The van der Waals surface area contributed by atoms with Crippen LogP contribution in [0.25, 0.3) is 22.0 Å². The summed E-state index contributed by atoms with van der Waals surface area (Å²) >= 11 is 0. The van der Waals surface area contributed by atoms with Crippen molar-refractivity contribution >= 4 is 16.8 Å². The van der Waals surface area contributed by atoms with Crippen LogP contribution in [0.1, 0.15) is 40.2 Å². The molecule has 0 bridgehead atoms. The van der Waals surface area contributed by atoms with E-state index in [1.54, 1.807) is 19.2 Å². The lowest BCUT2D eigenvalue weighted by Crippen LogP contribution is -2.25. The molecule has 0 saturated heterocycles. The minimum atomic E-state index is -0.384. The number of rotatable bonds is 5. The number of aromatic nitrogens is 3. The Hall–Kier alpha value is -3.48. The zero-order valence-electron chi connectivity index (χ0n) is 16.8. The molecule has 6 nitrogen and oxygen atoms in total. The average molecular weight is 404 g/mol. The number of hydrogen-bond donors (Lipinski definition) is 1. The minimum Gasteiger partial charge on any atom is -0.361 e. The molecule has 30 heavy (non-hydrogen) atoms. The molecule has 2 aromatic carbocycles. The van der Waals surface area contributed by atoms with Gasteiger partial charge >= 0.3 is 0 Å². The van der Waals surface area contributed by atoms with Crippen LogP contribution >= 0.6 is 0 Å². The first-order valence-corrected chi connectivity index (χ1v) is 9.97. The second-order valence-electron chi connectivity index (χ2n) is 7.88. The van der Waals surface area contributed by atoms with Crippen LogP contribution in [0.15, 0.2) is 47.1 Å². The van der Waals surface area contributed by atoms with Crippen LogP contribution in [0.3, 0.4) is 0 Å². The number of fused-ring (bicyclic) bond motifs is 1. The number of amides is 1. The maximum atomic E-state index is 14.6. The van der Waals surface area contributed by atoms with Crippen molar-refractivity contribution in [3.05, 3.63) is 71.0 Å². The Labute approximate surface area is 172 Å². The van der Waals surface area contributed by atoms with Crippen molar-refractivity contribution in [3.63, 3.8) is 0 Å². The van der Waals surface area contributed by atoms with Crippen LogP contribution in [0.2, 0.25) is 0 Å². The first-order valence-electron chi connectivity index (χ1n) is 9.97. The second kappa shape index (κ2) is 7.09. The average Bonchev–Trinajstić information content (AvgIpc) is 3.31. The van der Waals surface area contributed by atoms with Crippen molar-refractivity contribution in [2.45, 2.75) is 39.3 Å². The van der Waals surface area contributed by atoms with E-state index in [9.17, 15) is 9.18 Å². The molecule has 7 heteroatoms. The van der Waals surface area contributed by atoms with E-state index in [-0.39, 0.29) is 17.8 Å². The Morgan fingerprint density at radius 2 is 2.07 bits per heavy atom. The highest BCUT2D eigenvalue weighted by Crippen LogP contribution is 2.30. The number of halogens is 1. The molecule has 2 heterocycles. The molecule has 1 amide bonds. The summed E-state index contributed by atoms with van der Waals surface area (Å²) in [4.78, 5) is 12.4. The van der Waals surface area contributed by atoms with Gasteiger partial charge in [-0.2, -0.15) is 5.10 Å². The van der Waals surface area contributed by atoms with Crippen molar-refractivity contribution in [2.24, 2.45) is 0 Å². The third-order valence-corrected chi connectivity index (χ3v) is 5.46. The summed E-state index contributed by atoms with van der Waals surface area (Å²) in [5.74, 6) is 0.145. The van der Waals surface area contributed by atoms with Crippen molar-refractivity contribution in [1.29, 1.82) is 0 Å². The van der Waals surface area contributed by atoms with Crippen LogP contribution in [0.5, 0.6) is 0 Å². The standard InChI is InChI=1S/C23H21FN4O2/c1-13-7-19(27-30-13)12-28-22-6-3-15(8-17(22)11-25-28)20-9-16(10-21(24)14(20)2)23(29)26-18-4-5-18/h3,6-11,18H,4-5,12H2,1-2H3,(H,26,29). The summed E-state index contributed by atoms with van der Waals surface area (Å²) in [6.07, 6.45) is 3.75. The van der Waals surface area contributed by atoms with Gasteiger partial charge in [0.25, 0.3) is 5.91 Å². The SMILES string of the molecule is Cc1cc(Cn2ncc3cc(-c4cc(C(=O)NC5CC5)cc(F)c4C)ccc32)no1. The molecule has 0 atom stereocenters. The van der Waals surface area contributed by atoms with Gasteiger partial charge in [-0.1, -0.05) is 11.2 Å². The van der Waals surface area contributed by atoms with E-state index >= 15 is 0 Å². The zero-order chi connectivity index (χ0) is 20.8. The Morgan fingerprint density at radius 3 is 2.80 bits per heavy atom. The highest BCUT2D eigenvalue weighted by atomic mass is 19.1. The number of nitrogens with zero attached hydrogens (tertiary/aromatic N) is 3. The normalized spacial score (nSPS) is 13.7. The molecule has 1 N–H and O–H groups in total. The summed E-state index contributed by atoms with van der Waals surface area (Å²) in [5, 5.41) is 12.3. The topological polar surface area (TPSA) is 73.0 Å². The molecular formula is C23H21FN4O2. The van der Waals surface area contributed by atoms with E-state index in [1.807, 2.05) is 35.9 Å². The summed E-state index contributed by atoms with van der Waals surface area (Å²) < 4.78 is 21.6. The van der Waals surface area contributed by atoms with Crippen LogP contribution < -0.4 is 5.32 Å². The molecule has 1 saturated carbocycles. The Morgan fingerprint density at radius 1 is 1.23 bits per heavy atom. The molecule has 0 spiro atoms. The predicted octanol–water partition coefficient (Wildman–Crippen LogP) is 4.39. The van der Waals surface area contributed by atoms with Gasteiger partial charge in [-0.25, -0.2) is 4.39 Å². The number of benzene rings is 2. The maximum Gasteiger partial charge on any atom is 0.251 e. The quantitative estimate of drug-likeness (QED) is 0.536. The second-order valence-corrected chi connectivity index (χ2v) is 7.88. The molecule has 2 aromatic heterocycles. The summed E-state index contributed by atoms with van der Waals surface area (Å²) in [6, 6.07) is 11.0. The van der Waals surface area contributed by atoms with Crippen LogP contribution in [0.4, 0.5) is 4.39 Å². The molecule has 1 aliphatic carbocycles. The van der Waals surface area contributed by atoms with E-state index in [1.165, 1.54) is 6.07 Å². The lowest BCUT2D eigenvalue weighted by Gasteiger charge is -2.11. The Bertz CT molecular complexity index is 1270. The van der Waals surface area contributed by atoms with E-state index in [0.717, 1.165) is 40.8 Å². The van der Waals surface area contributed by atoms with Gasteiger partial charge in [0.15, 0.2) is 0 Å². The van der Waals surface area contributed by atoms with Crippen LogP contribution in [-0.4, -0.2) is 26.9 Å². The van der Waals surface area contributed by atoms with Crippen molar-refractivity contribution in [2.75, 3.05) is 0 Å². The number of aryl methyl sites for hydroxylation is 1. The highest BCUT2D eigenvalue weighted by molar-refractivity contribution is 5.96. The first-order chi connectivity index (χ1) is 14.5. The Balaban J connectivity index is 1.49. The van der Waals surface area contributed by atoms with Gasteiger partial charge in [0.1, 0.15) is 17.3 Å². The molecule has 1 fully saturated rings. The van der Waals surface area contributed by atoms with E-state index < -0.39 is 0 Å². The van der Waals surface area contributed by atoms with Crippen molar-refractivity contribution in [3.8, 4) is 11.1 Å². The van der Waals surface area contributed by atoms with Gasteiger partial charge in [-0.3, -0.25) is 9.48 Å². The smallest absolute Gasteiger partial charge is 0.251 e. The van der Waals surface area contributed by atoms with E-state index in [4.69, 9.17) is 4.52 Å². The summed E-state index contributed by atoms with van der Waals surface area (Å²) in [5.41, 5.74) is 4.16. The van der Waals surface area contributed by atoms with E-state index in [2.05, 4.69) is 15.6 Å². The fourth-order valence-corrected chi connectivity index (χ4v) is 3.63. The largest absolute Gasteiger partial charge is 0.361 e. The molecule has 0 aliphatic heterocycles. The summed E-state index contributed by atoms with van der Waals surface area (Å²) in [6.45, 7) is 4.09. The van der Waals surface area contributed by atoms with Crippen LogP contribution in [0, 0.1) is 19.7 Å². The fourth-order valence-electron chi connectivity index (χ4n) is 3.63. The van der Waals surface area contributed by atoms with Gasteiger partial charge in [-0.05, 0) is 67.6 Å². The first kappa shape index (κ1) is 18.5. The predicted molar refractivity (Wildman–Crippen MR) is 111 cm³/mol. The van der Waals surface area contributed by atoms with Crippen LogP contribution in [-0.2, 0) is 6.54 Å². The van der Waals surface area contributed by atoms with Gasteiger partial charge in [0, 0.05) is 23.1 Å². The number of carbonyl (C=O) groups is 1. The molecular weight excluding hydrogens is 383 g/mol. The lowest BCUT2D eigenvalue weighted by molar-refractivity contribution is 0.0950. The van der Waals surface area contributed by atoms with Gasteiger partial charge in [0.2, 0.25) is 0 Å².